The fourth-order valence-electron chi connectivity index (χ4n) is 1.44. The quantitative estimate of drug-likeness (QED) is 0.761. The lowest BCUT2D eigenvalue weighted by Crippen LogP contribution is -2.11. The summed E-state index contributed by atoms with van der Waals surface area (Å²) in [6.45, 7) is 0.394. The van der Waals surface area contributed by atoms with Crippen molar-refractivity contribution in [1.29, 1.82) is 0 Å². The highest BCUT2D eigenvalue weighted by Gasteiger charge is 2.10. The third-order valence-corrected chi connectivity index (χ3v) is 3.09. The van der Waals surface area contributed by atoms with Gasteiger partial charge in [-0.3, -0.25) is 0 Å². The van der Waals surface area contributed by atoms with Crippen molar-refractivity contribution in [1.82, 2.24) is 9.55 Å². The number of imidazole rings is 1. The monoisotopic (exact) mass is 235 g/mol. The Morgan fingerprint density at radius 2 is 2.25 bits per heavy atom. The van der Waals surface area contributed by atoms with E-state index in [2.05, 4.69) is 10.9 Å². The number of terminal acetylenes is 1. The number of sulfonamides is 1. The molecule has 0 amide bonds. The van der Waals surface area contributed by atoms with Gasteiger partial charge in [0, 0.05) is 0 Å². The van der Waals surface area contributed by atoms with E-state index in [0.717, 1.165) is 5.52 Å². The molecule has 0 spiro atoms. The second-order valence-electron chi connectivity index (χ2n) is 3.27. The summed E-state index contributed by atoms with van der Waals surface area (Å²) < 4.78 is 24.0. The van der Waals surface area contributed by atoms with E-state index in [4.69, 9.17) is 11.6 Å². The molecule has 0 aliphatic heterocycles. The molecule has 1 aromatic heterocycles. The average Bonchev–Trinajstić information content (AvgIpc) is 2.60. The van der Waals surface area contributed by atoms with Crippen molar-refractivity contribution in [2.24, 2.45) is 5.14 Å². The number of hydrogen-bond donors (Lipinski definition) is 1. The SMILES string of the molecule is C#CCn1cnc2cc(S(N)(=O)=O)ccc21. The maximum absolute atomic E-state index is 11.1. The van der Waals surface area contributed by atoms with Crippen LogP contribution in [0.2, 0.25) is 0 Å². The average molecular weight is 235 g/mol. The number of nitrogens with zero attached hydrogens (tertiary/aromatic N) is 2. The summed E-state index contributed by atoms with van der Waals surface area (Å²) >= 11 is 0. The van der Waals surface area contributed by atoms with Crippen molar-refractivity contribution in [2.45, 2.75) is 11.4 Å². The molecule has 6 heteroatoms. The molecule has 5 nitrogen and oxygen atoms in total. The molecule has 0 saturated heterocycles. The van der Waals surface area contributed by atoms with Crippen LogP contribution < -0.4 is 5.14 Å². The van der Waals surface area contributed by atoms with Crippen LogP contribution in [-0.2, 0) is 16.6 Å². The van der Waals surface area contributed by atoms with Crippen LogP contribution in [0.3, 0.4) is 0 Å². The minimum atomic E-state index is -3.69. The van der Waals surface area contributed by atoms with E-state index in [0.29, 0.717) is 12.1 Å². The van der Waals surface area contributed by atoms with Gasteiger partial charge in [0.25, 0.3) is 0 Å². The number of hydrogen-bond acceptors (Lipinski definition) is 3. The van der Waals surface area contributed by atoms with E-state index in [1.807, 2.05) is 0 Å². The number of rotatable bonds is 2. The van der Waals surface area contributed by atoms with Crippen LogP contribution in [-0.4, -0.2) is 18.0 Å². The van der Waals surface area contributed by atoms with Gasteiger partial charge >= 0.3 is 0 Å². The van der Waals surface area contributed by atoms with Crippen molar-refractivity contribution in [3.05, 3.63) is 24.5 Å². The molecule has 0 radical (unpaired) electrons. The second kappa shape index (κ2) is 3.63. The topological polar surface area (TPSA) is 78.0 Å². The van der Waals surface area contributed by atoms with Crippen LogP contribution >= 0.6 is 0 Å². The number of benzene rings is 1. The van der Waals surface area contributed by atoms with Crippen LogP contribution in [0.5, 0.6) is 0 Å². The fourth-order valence-corrected chi connectivity index (χ4v) is 1.98. The fraction of sp³-hybridized carbons (Fsp3) is 0.100. The largest absolute Gasteiger partial charge is 0.319 e. The van der Waals surface area contributed by atoms with Gasteiger partial charge in [0.05, 0.1) is 28.8 Å². The van der Waals surface area contributed by atoms with Crippen molar-refractivity contribution in [3.8, 4) is 12.3 Å². The Morgan fingerprint density at radius 1 is 1.50 bits per heavy atom. The summed E-state index contributed by atoms with van der Waals surface area (Å²) in [7, 11) is -3.69. The molecule has 0 saturated carbocycles. The van der Waals surface area contributed by atoms with Gasteiger partial charge in [0.2, 0.25) is 10.0 Å². The highest BCUT2D eigenvalue weighted by atomic mass is 32.2. The minimum Gasteiger partial charge on any atom is -0.319 e. The Bertz CT molecular complexity index is 680. The predicted octanol–water partition coefficient (Wildman–Crippen LogP) is 0.317. The first-order valence-electron chi connectivity index (χ1n) is 4.43. The predicted molar refractivity (Wildman–Crippen MR) is 59.9 cm³/mol. The molecule has 0 fully saturated rings. The maximum atomic E-state index is 11.1. The molecule has 16 heavy (non-hydrogen) atoms. The van der Waals surface area contributed by atoms with Crippen LogP contribution in [0.25, 0.3) is 11.0 Å². The summed E-state index contributed by atoms with van der Waals surface area (Å²) in [6, 6.07) is 4.50. The highest BCUT2D eigenvalue weighted by Crippen LogP contribution is 2.17. The number of nitrogens with two attached hydrogens (primary N) is 1. The summed E-state index contributed by atoms with van der Waals surface area (Å²) in [5, 5.41) is 5.02. The van der Waals surface area contributed by atoms with Crippen LogP contribution in [0.4, 0.5) is 0 Å². The number of primary sulfonamides is 1. The Morgan fingerprint density at radius 3 is 2.88 bits per heavy atom. The van der Waals surface area contributed by atoms with Crippen LogP contribution in [0.15, 0.2) is 29.4 Å². The zero-order valence-electron chi connectivity index (χ0n) is 8.29. The van der Waals surface area contributed by atoms with Crippen molar-refractivity contribution < 1.29 is 8.42 Å². The molecule has 2 aromatic rings. The molecule has 82 valence electrons. The number of aromatic nitrogens is 2. The summed E-state index contributed by atoms with van der Waals surface area (Å²) in [5.74, 6) is 2.49. The van der Waals surface area contributed by atoms with E-state index in [9.17, 15) is 8.42 Å². The van der Waals surface area contributed by atoms with Gasteiger partial charge in [-0.25, -0.2) is 18.5 Å². The van der Waals surface area contributed by atoms with E-state index >= 15 is 0 Å². The van der Waals surface area contributed by atoms with Gasteiger partial charge in [-0.05, 0) is 18.2 Å². The Hall–Kier alpha value is -1.84. The molecular weight excluding hydrogens is 226 g/mol. The first-order valence-corrected chi connectivity index (χ1v) is 5.98. The van der Waals surface area contributed by atoms with Gasteiger partial charge in [-0.15, -0.1) is 6.42 Å². The molecule has 0 atom stereocenters. The third-order valence-electron chi connectivity index (χ3n) is 2.18. The molecule has 2 rings (SSSR count). The van der Waals surface area contributed by atoms with E-state index < -0.39 is 10.0 Å². The second-order valence-corrected chi connectivity index (χ2v) is 4.83. The van der Waals surface area contributed by atoms with Gasteiger partial charge in [-0.2, -0.15) is 0 Å². The lowest BCUT2D eigenvalue weighted by Gasteiger charge is -2.00. The lowest BCUT2D eigenvalue weighted by molar-refractivity contribution is 0.598. The van der Waals surface area contributed by atoms with Gasteiger partial charge < -0.3 is 4.57 Å². The molecule has 0 unspecified atom stereocenters. The van der Waals surface area contributed by atoms with Gasteiger partial charge in [0.1, 0.15) is 0 Å². The minimum absolute atomic E-state index is 0.0472. The first kappa shape index (κ1) is 10.7. The zero-order chi connectivity index (χ0) is 11.8. The van der Waals surface area contributed by atoms with Crippen molar-refractivity contribution in [2.75, 3.05) is 0 Å². The summed E-state index contributed by atoms with van der Waals surface area (Å²) in [4.78, 5) is 4.11. The van der Waals surface area contributed by atoms with E-state index in [-0.39, 0.29) is 4.90 Å². The van der Waals surface area contributed by atoms with Crippen molar-refractivity contribution >= 4 is 21.1 Å². The summed E-state index contributed by atoms with van der Waals surface area (Å²) in [6.07, 6.45) is 6.76. The Kier molecular flexibility index (Phi) is 2.42. The zero-order valence-corrected chi connectivity index (χ0v) is 9.11. The molecule has 0 aliphatic rings. The molecule has 1 aromatic carbocycles. The maximum Gasteiger partial charge on any atom is 0.238 e. The van der Waals surface area contributed by atoms with Gasteiger partial charge in [0.15, 0.2) is 0 Å². The molecule has 1 heterocycles. The Balaban J connectivity index is 2.63. The lowest BCUT2D eigenvalue weighted by atomic mass is 10.3. The standard InChI is InChI=1S/C10H9N3O2S/c1-2-5-13-7-12-9-6-8(16(11,14)15)3-4-10(9)13/h1,3-4,6-7H,5H2,(H2,11,14,15). The van der Waals surface area contributed by atoms with E-state index in [1.165, 1.54) is 12.1 Å². The normalized spacial score (nSPS) is 11.5. The third kappa shape index (κ3) is 1.78. The van der Waals surface area contributed by atoms with Crippen LogP contribution in [0.1, 0.15) is 0 Å². The molecular formula is C10H9N3O2S. The molecule has 2 N–H and O–H groups in total. The smallest absolute Gasteiger partial charge is 0.238 e. The van der Waals surface area contributed by atoms with Crippen LogP contribution in [0, 0.1) is 12.3 Å². The molecule has 0 aliphatic carbocycles. The molecule has 0 bridgehead atoms. The summed E-state index contributed by atoms with van der Waals surface area (Å²) in [5.41, 5.74) is 1.34. The highest BCUT2D eigenvalue weighted by molar-refractivity contribution is 7.89. The van der Waals surface area contributed by atoms with Gasteiger partial charge in [-0.1, -0.05) is 5.92 Å². The van der Waals surface area contributed by atoms with Crippen molar-refractivity contribution in [3.63, 3.8) is 0 Å². The Labute approximate surface area is 92.9 Å². The van der Waals surface area contributed by atoms with E-state index in [1.54, 1.807) is 17.0 Å². The first-order chi connectivity index (χ1) is 7.52. The number of fused-ring (bicyclic) bond motifs is 1.